The second kappa shape index (κ2) is 11.6. The SMILES string of the molecule is CCCCCSCCOc1ccc(C(=O)/C=C/c2cc(C)c(O)c(C)c2)cc1. The van der Waals surface area contributed by atoms with Crippen molar-refractivity contribution in [3.05, 3.63) is 64.7 Å². The summed E-state index contributed by atoms with van der Waals surface area (Å²) in [6.45, 7) is 6.60. The van der Waals surface area contributed by atoms with Crippen molar-refractivity contribution >= 4 is 23.6 Å². The summed E-state index contributed by atoms with van der Waals surface area (Å²) in [5.41, 5.74) is 3.14. The summed E-state index contributed by atoms with van der Waals surface area (Å²) in [4.78, 5) is 12.4. The molecule has 0 amide bonds. The Labute approximate surface area is 172 Å². The van der Waals surface area contributed by atoms with Gasteiger partial charge in [-0.1, -0.05) is 25.8 Å². The molecule has 150 valence electrons. The normalized spacial score (nSPS) is 11.1. The molecule has 2 aromatic rings. The number of aromatic hydroxyl groups is 1. The van der Waals surface area contributed by atoms with Crippen LogP contribution in [-0.2, 0) is 0 Å². The highest BCUT2D eigenvalue weighted by molar-refractivity contribution is 7.99. The van der Waals surface area contributed by atoms with Crippen LogP contribution < -0.4 is 4.74 Å². The van der Waals surface area contributed by atoms with Crippen molar-refractivity contribution in [1.29, 1.82) is 0 Å². The van der Waals surface area contributed by atoms with Gasteiger partial charge in [-0.25, -0.2) is 0 Å². The van der Waals surface area contributed by atoms with Gasteiger partial charge in [-0.3, -0.25) is 4.79 Å². The second-order valence-corrected chi connectivity index (χ2v) is 8.12. The molecule has 0 fully saturated rings. The topological polar surface area (TPSA) is 46.5 Å². The van der Waals surface area contributed by atoms with E-state index in [1.165, 1.54) is 25.0 Å². The maximum Gasteiger partial charge on any atom is 0.185 e. The van der Waals surface area contributed by atoms with Gasteiger partial charge < -0.3 is 9.84 Å². The van der Waals surface area contributed by atoms with Crippen LogP contribution in [-0.4, -0.2) is 29.0 Å². The van der Waals surface area contributed by atoms with Gasteiger partial charge in [0.25, 0.3) is 0 Å². The Bertz CT molecular complexity index is 771. The molecular weight excluding hydrogens is 368 g/mol. The second-order valence-electron chi connectivity index (χ2n) is 6.89. The first-order chi connectivity index (χ1) is 13.5. The quantitative estimate of drug-likeness (QED) is 0.278. The predicted octanol–water partition coefficient (Wildman–Crippen LogP) is 6.21. The smallest absolute Gasteiger partial charge is 0.185 e. The summed E-state index contributed by atoms with van der Waals surface area (Å²) < 4.78 is 5.74. The fourth-order valence-corrected chi connectivity index (χ4v) is 3.66. The molecule has 0 atom stereocenters. The highest BCUT2D eigenvalue weighted by Crippen LogP contribution is 2.23. The van der Waals surface area contributed by atoms with Crippen LogP contribution in [0.15, 0.2) is 42.5 Å². The summed E-state index contributed by atoms with van der Waals surface area (Å²) >= 11 is 1.92. The molecule has 0 heterocycles. The van der Waals surface area contributed by atoms with Crippen LogP contribution in [0.5, 0.6) is 11.5 Å². The van der Waals surface area contributed by atoms with Crippen molar-refractivity contribution in [3.63, 3.8) is 0 Å². The Hall–Kier alpha value is -2.20. The summed E-state index contributed by atoms with van der Waals surface area (Å²) in [6.07, 6.45) is 7.17. The number of rotatable bonds is 11. The van der Waals surface area contributed by atoms with E-state index < -0.39 is 0 Å². The van der Waals surface area contributed by atoms with Gasteiger partial charge in [0.15, 0.2) is 5.78 Å². The van der Waals surface area contributed by atoms with E-state index in [4.69, 9.17) is 4.74 Å². The molecule has 0 radical (unpaired) electrons. The largest absolute Gasteiger partial charge is 0.507 e. The zero-order chi connectivity index (χ0) is 20.4. The molecule has 0 bridgehead atoms. The molecule has 0 aliphatic heterocycles. The van der Waals surface area contributed by atoms with Gasteiger partial charge in [0, 0.05) is 11.3 Å². The van der Waals surface area contributed by atoms with Gasteiger partial charge in [-0.15, -0.1) is 0 Å². The van der Waals surface area contributed by atoms with Crippen LogP contribution in [0.4, 0.5) is 0 Å². The lowest BCUT2D eigenvalue weighted by Gasteiger charge is -2.07. The van der Waals surface area contributed by atoms with Crippen molar-refractivity contribution in [2.45, 2.75) is 40.0 Å². The van der Waals surface area contributed by atoms with Crippen LogP contribution in [0, 0.1) is 13.8 Å². The van der Waals surface area contributed by atoms with E-state index >= 15 is 0 Å². The van der Waals surface area contributed by atoms with Gasteiger partial charge in [0.05, 0.1) is 6.61 Å². The zero-order valence-electron chi connectivity index (χ0n) is 17.0. The molecule has 0 unspecified atom stereocenters. The number of phenols is 1. The molecule has 2 rings (SSSR count). The molecule has 3 nitrogen and oxygen atoms in total. The zero-order valence-corrected chi connectivity index (χ0v) is 17.8. The average molecular weight is 399 g/mol. The average Bonchev–Trinajstić information content (AvgIpc) is 2.70. The minimum absolute atomic E-state index is 0.0542. The van der Waals surface area contributed by atoms with Crippen LogP contribution in [0.25, 0.3) is 6.08 Å². The highest BCUT2D eigenvalue weighted by atomic mass is 32.2. The minimum atomic E-state index is -0.0542. The Balaban J connectivity index is 1.83. The minimum Gasteiger partial charge on any atom is -0.507 e. The van der Waals surface area contributed by atoms with E-state index in [9.17, 15) is 9.90 Å². The number of thioether (sulfide) groups is 1. The van der Waals surface area contributed by atoms with E-state index in [1.807, 2.05) is 49.9 Å². The van der Waals surface area contributed by atoms with Crippen molar-refractivity contribution in [2.75, 3.05) is 18.1 Å². The van der Waals surface area contributed by atoms with Crippen LogP contribution in [0.1, 0.15) is 53.2 Å². The lowest BCUT2D eigenvalue weighted by Crippen LogP contribution is -2.01. The highest BCUT2D eigenvalue weighted by Gasteiger charge is 2.04. The molecule has 4 heteroatoms. The monoisotopic (exact) mass is 398 g/mol. The third-order valence-corrected chi connectivity index (χ3v) is 5.50. The first kappa shape index (κ1) is 22.1. The lowest BCUT2D eigenvalue weighted by atomic mass is 10.0. The summed E-state index contributed by atoms with van der Waals surface area (Å²) in [7, 11) is 0. The number of aryl methyl sites for hydroxylation is 2. The molecule has 28 heavy (non-hydrogen) atoms. The maximum atomic E-state index is 12.4. The third-order valence-electron chi connectivity index (χ3n) is 4.47. The number of carbonyl (C=O) groups excluding carboxylic acids is 1. The summed E-state index contributed by atoms with van der Waals surface area (Å²) in [5.74, 6) is 3.22. The molecule has 0 saturated heterocycles. The fourth-order valence-electron chi connectivity index (χ4n) is 2.84. The summed E-state index contributed by atoms with van der Waals surface area (Å²) in [6, 6.07) is 11.0. The molecule has 2 aromatic carbocycles. The van der Waals surface area contributed by atoms with Gasteiger partial charge in [-0.2, -0.15) is 11.8 Å². The number of unbranched alkanes of at least 4 members (excludes halogenated alkanes) is 2. The maximum absolute atomic E-state index is 12.4. The van der Waals surface area contributed by atoms with Crippen molar-refractivity contribution in [1.82, 2.24) is 0 Å². The van der Waals surface area contributed by atoms with E-state index in [1.54, 1.807) is 24.3 Å². The molecule has 0 saturated carbocycles. The predicted molar refractivity (Wildman–Crippen MR) is 120 cm³/mol. The number of hydrogen-bond donors (Lipinski definition) is 1. The molecule has 0 aromatic heterocycles. The van der Waals surface area contributed by atoms with E-state index in [2.05, 4.69) is 6.92 Å². The number of phenolic OH excluding ortho intramolecular Hbond substituents is 1. The Morgan fingerprint density at radius 3 is 2.39 bits per heavy atom. The van der Waals surface area contributed by atoms with Crippen LogP contribution >= 0.6 is 11.8 Å². The molecule has 0 aliphatic carbocycles. The number of hydrogen-bond acceptors (Lipinski definition) is 4. The number of carbonyl (C=O) groups is 1. The van der Waals surface area contributed by atoms with Crippen molar-refractivity contribution in [3.8, 4) is 11.5 Å². The van der Waals surface area contributed by atoms with Crippen molar-refractivity contribution < 1.29 is 14.6 Å². The Morgan fingerprint density at radius 1 is 1.07 bits per heavy atom. The fraction of sp³-hybridized carbons (Fsp3) is 0.375. The van der Waals surface area contributed by atoms with Crippen LogP contribution in [0.2, 0.25) is 0 Å². The lowest BCUT2D eigenvalue weighted by molar-refractivity contribution is 0.104. The molecular formula is C24H30O3S. The number of allylic oxidation sites excluding steroid dienone is 1. The molecule has 0 spiro atoms. The van der Waals surface area contributed by atoms with Crippen LogP contribution in [0.3, 0.4) is 0 Å². The number of ketones is 1. The molecule has 1 N–H and O–H groups in total. The number of ether oxygens (including phenoxy) is 1. The Kier molecular flexibility index (Phi) is 9.15. The van der Waals surface area contributed by atoms with E-state index in [0.717, 1.165) is 28.2 Å². The molecule has 0 aliphatic rings. The third kappa shape index (κ3) is 7.08. The first-order valence-corrected chi connectivity index (χ1v) is 11.0. The summed E-state index contributed by atoms with van der Waals surface area (Å²) in [5, 5.41) is 9.83. The first-order valence-electron chi connectivity index (χ1n) is 9.84. The van der Waals surface area contributed by atoms with E-state index in [-0.39, 0.29) is 5.78 Å². The van der Waals surface area contributed by atoms with Gasteiger partial charge in [0.2, 0.25) is 0 Å². The van der Waals surface area contributed by atoms with Gasteiger partial charge >= 0.3 is 0 Å². The van der Waals surface area contributed by atoms with E-state index in [0.29, 0.717) is 17.9 Å². The standard InChI is InChI=1S/C24H30O3S/c1-4-5-6-14-28-15-13-27-22-10-8-21(9-11-22)23(25)12-7-20-16-18(2)24(26)19(3)17-20/h7-12,16-17,26H,4-6,13-15H2,1-3H3/b12-7+. The van der Waals surface area contributed by atoms with Crippen molar-refractivity contribution in [2.24, 2.45) is 0 Å². The van der Waals surface area contributed by atoms with Gasteiger partial charge in [-0.05, 0) is 85.2 Å². The van der Waals surface area contributed by atoms with Gasteiger partial charge in [0.1, 0.15) is 11.5 Å². The number of benzene rings is 2. The Morgan fingerprint density at radius 2 is 1.75 bits per heavy atom.